The quantitative estimate of drug-likeness (QED) is 0.303. The van der Waals surface area contributed by atoms with E-state index in [0.29, 0.717) is 23.1 Å². The van der Waals surface area contributed by atoms with Crippen molar-refractivity contribution in [2.45, 2.75) is 6.42 Å². The molecule has 3 N–H and O–H groups in total. The van der Waals surface area contributed by atoms with Gasteiger partial charge in [-0.05, 0) is 42.2 Å². The van der Waals surface area contributed by atoms with Gasteiger partial charge in [0.25, 0.3) is 11.6 Å². The molecule has 2 rings (SSSR count). The maximum atomic E-state index is 11.8. The maximum Gasteiger partial charge on any atom is 0.269 e. The summed E-state index contributed by atoms with van der Waals surface area (Å²) in [6.45, 7) is 1.27. The number of non-ortho nitro benzene ring substituents is 1. The molecule has 0 aliphatic carbocycles. The summed E-state index contributed by atoms with van der Waals surface area (Å²) >= 11 is 6.42. The van der Waals surface area contributed by atoms with Crippen LogP contribution in [-0.4, -0.2) is 29.0 Å². The van der Waals surface area contributed by atoms with E-state index in [1.807, 2.05) is 5.38 Å². The Hall–Kier alpha value is -2.52. The highest BCUT2D eigenvalue weighted by Gasteiger charge is 2.07. The number of nitro groups is 1. The minimum atomic E-state index is -0.431. The van der Waals surface area contributed by atoms with Crippen LogP contribution in [0.5, 0.6) is 0 Å². The summed E-state index contributed by atoms with van der Waals surface area (Å²) in [6, 6.07) is 9.77. The van der Waals surface area contributed by atoms with Gasteiger partial charge in [-0.15, -0.1) is 11.3 Å². The average molecular weight is 364 g/mol. The number of nitrogens with zero attached hydrogens (tertiary/aromatic N) is 1. The van der Waals surface area contributed by atoms with Gasteiger partial charge in [-0.1, -0.05) is 6.07 Å². The van der Waals surface area contributed by atoms with Crippen LogP contribution in [0, 0.1) is 10.1 Å². The summed E-state index contributed by atoms with van der Waals surface area (Å²) in [5.74, 6) is -0.216. The Bertz CT molecular complexity index is 702. The van der Waals surface area contributed by atoms with E-state index in [1.54, 1.807) is 24.3 Å². The lowest BCUT2D eigenvalue weighted by Crippen LogP contribution is -2.39. The van der Waals surface area contributed by atoms with Gasteiger partial charge in [-0.3, -0.25) is 20.2 Å². The number of thiocarbonyl (C=S) groups is 1. The number of carbonyl (C=O) groups excluding carboxylic acids is 1. The molecular formula is C15H16N4O3S2. The SMILES string of the molecule is O=C(NC(=S)NCCCNc1ccc([N+](=O)[O-])cc1)c1cccs1. The van der Waals surface area contributed by atoms with Crippen molar-refractivity contribution in [1.29, 1.82) is 0 Å². The molecule has 7 nitrogen and oxygen atoms in total. The molecule has 0 aliphatic heterocycles. The normalized spacial score (nSPS) is 10.0. The molecule has 0 atom stereocenters. The molecule has 0 saturated heterocycles. The predicted octanol–water partition coefficient (Wildman–Crippen LogP) is 2.76. The van der Waals surface area contributed by atoms with Crippen LogP contribution in [-0.2, 0) is 0 Å². The summed E-state index contributed by atoms with van der Waals surface area (Å²) < 4.78 is 0. The second-order valence-corrected chi connectivity index (χ2v) is 6.13. The lowest BCUT2D eigenvalue weighted by Gasteiger charge is -2.10. The van der Waals surface area contributed by atoms with E-state index in [9.17, 15) is 14.9 Å². The summed E-state index contributed by atoms with van der Waals surface area (Å²) in [4.78, 5) is 22.5. The lowest BCUT2D eigenvalue weighted by molar-refractivity contribution is -0.384. The number of benzene rings is 1. The zero-order valence-corrected chi connectivity index (χ0v) is 14.3. The second-order valence-electron chi connectivity index (χ2n) is 4.77. The number of thiophene rings is 1. The molecule has 0 bridgehead atoms. The van der Waals surface area contributed by atoms with Crippen LogP contribution >= 0.6 is 23.6 Å². The van der Waals surface area contributed by atoms with Gasteiger partial charge in [0.15, 0.2) is 5.11 Å². The number of hydrogen-bond acceptors (Lipinski definition) is 6. The van der Waals surface area contributed by atoms with Gasteiger partial charge < -0.3 is 10.6 Å². The fourth-order valence-electron chi connectivity index (χ4n) is 1.84. The minimum absolute atomic E-state index is 0.0639. The Kier molecular flexibility index (Phi) is 6.64. The molecule has 0 radical (unpaired) electrons. The smallest absolute Gasteiger partial charge is 0.269 e. The van der Waals surface area contributed by atoms with Crippen molar-refractivity contribution in [3.05, 3.63) is 56.8 Å². The molecule has 1 aromatic heterocycles. The summed E-state index contributed by atoms with van der Waals surface area (Å²) in [5.41, 5.74) is 0.878. The number of hydrogen-bond donors (Lipinski definition) is 3. The highest BCUT2D eigenvalue weighted by atomic mass is 32.1. The van der Waals surface area contributed by atoms with Crippen molar-refractivity contribution >= 4 is 45.9 Å². The first-order valence-corrected chi connectivity index (χ1v) is 8.46. The van der Waals surface area contributed by atoms with Crippen molar-refractivity contribution in [3.8, 4) is 0 Å². The fourth-order valence-corrected chi connectivity index (χ4v) is 2.65. The largest absolute Gasteiger partial charge is 0.385 e. The number of carbonyl (C=O) groups is 1. The van der Waals surface area contributed by atoms with Crippen molar-refractivity contribution in [1.82, 2.24) is 10.6 Å². The van der Waals surface area contributed by atoms with E-state index in [-0.39, 0.29) is 11.6 Å². The molecule has 9 heteroatoms. The molecule has 1 aromatic carbocycles. The molecule has 0 unspecified atom stereocenters. The Morgan fingerprint density at radius 3 is 2.58 bits per heavy atom. The number of anilines is 1. The Morgan fingerprint density at radius 2 is 1.96 bits per heavy atom. The van der Waals surface area contributed by atoms with Crippen molar-refractivity contribution in [2.24, 2.45) is 0 Å². The molecular weight excluding hydrogens is 348 g/mol. The molecule has 2 aromatic rings. The van der Waals surface area contributed by atoms with E-state index in [1.165, 1.54) is 23.5 Å². The molecule has 126 valence electrons. The van der Waals surface area contributed by atoms with Crippen molar-refractivity contribution < 1.29 is 9.72 Å². The molecule has 0 spiro atoms. The summed E-state index contributed by atoms with van der Waals surface area (Å²) in [5, 5.41) is 21.4. The van der Waals surface area contributed by atoms with Crippen LogP contribution in [0.15, 0.2) is 41.8 Å². The van der Waals surface area contributed by atoms with E-state index < -0.39 is 4.92 Å². The number of nitro benzene ring substituents is 1. The van der Waals surface area contributed by atoms with Gasteiger partial charge >= 0.3 is 0 Å². The lowest BCUT2D eigenvalue weighted by atomic mass is 10.3. The topological polar surface area (TPSA) is 96.3 Å². The van der Waals surface area contributed by atoms with Gasteiger partial charge in [0.05, 0.1) is 9.80 Å². The van der Waals surface area contributed by atoms with Gasteiger partial charge in [0.1, 0.15) is 0 Å². The van der Waals surface area contributed by atoms with Gasteiger partial charge in [0, 0.05) is 30.9 Å². The summed E-state index contributed by atoms with van der Waals surface area (Å²) in [7, 11) is 0. The predicted molar refractivity (Wildman–Crippen MR) is 98.6 cm³/mol. The van der Waals surface area contributed by atoms with Crippen LogP contribution in [0.3, 0.4) is 0 Å². The average Bonchev–Trinajstić information content (AvgIpc) is 3.09. The van der Waals surface area contributed by atoms with E-state index in [4.69, 9.17) is 12.2 Å². The Labute approximate surface area is 148 Å². The first kappa shape index (κ1) is 17.8. The third-order valence-electron chi connectivity index (χ3n) is 3.02. The van der Waals surface area contributed by atoms with Crippen LogP contribution in [0.1, 0.15) is 16.1 Å². The Morgan fingerprint density at radius 1 is 1.21 bits per heavy atom. The number of rotatable bonds is 7. The van der Waals surface area contributed by atoms with Gasteiger partial charge in [-0.2, -0.15) is 0 Å². The number of nitrogens with one attached hydrogen (secondary N) is 3. The highest BCUT2D eigenvalue weighted by Crippen LogP contribution is 2.15. The zero-order chi connectivity index (χ0) is 17.4. The number of amides is 1. The second kappa shape index (κ2) is 8.94. The minimum Gasteiger partial charge on any atom is -0.385 e. The van der Waals surface area contributed by atoms with E-state index in [2.05, 4.69) is 16.0 Å². The molecule has 0 aliphatic rings. The van der Waals surface area contributed by atoms with Crippen LogP contribution < -0.4 is 16.0 Å². The Balaban J connectivity index is 1.61. The standard InChI is InChI=1S/C15H16N4O3S2/c20-14(13-3-1-10-24-13)18-15(23)17-9-2-8-16-11-4-6-12(7-5-11)19(21)22/h1,3-7,10,16H,2,8-9H2,(H2,17,18,20,23). The van der Waals surface area contributed by atoms with Crippen LogP contribution in [0.25, 0.3) is 0 Å². The third kappa shape index (κ3) is 5.60. The van der Waals surface area contributed by atoms with Gasteiger partial charge in [0.2, 0.25) is 0 Å². The third-order valence-corrected chi connectivity index (χ3v) is 4.13. The van der Waals surface area contributed by atoms with E-state index in [0.717, 1.165) is 12.1 Å². The molecule has 24 heavy (non-hydrogen) atoms. The zero-order valence-electron chi connectivity index (χ0n) is 12.7. The first-order valence-electron chi connectivity index (χ1n) is 7.17. The fraction of sp³-hybridized carbons (Fsp3) is 0.200. The van der Waals surface area contributed by atoms with Crippen molar-refractivity contribution in [3.63, 3.8) is 0 Å². The van der Waals surface area contributed by atoms with Crippen molar-refractivity contribution in [2.75, 3.05) is 18.4 Å². The maximum absolute atomic E-state index is 11.8. The summed E-state index contributed by atoms with van der Waals surface area (Å²) in [6.07, 6.45) is 0.770. The molecule has 0 saturated carbocycles. The first-order chi connectivity index (χ1) is 11.6. The molecule has 1 amide bonds. The molecule has 1 heterocycles. The molecule has 0 fully saturated rings. The monoisotopic (exact) mass is 364 g/mol. The highest BCUT2D eigenvalue weighted by molar-refractivity contribution is 7.80. The van der Waals surface area contributed by atoms with Crippen LogP contribution in [0.2, 0.25) is 0 Å². The van der Waals surface area contributed by atoms with Crippen LogP contribution in [0.4, 0.5) is 11.4 Å². The van der Waals surface area contributed by atoms with E-state index >= 15 is 0 Å². The van der Waals surface area contributed by atoms with Gasteiger partial charge in [-0.25, -0.2) is 0 Å².